The molecule has 2 aliphatic rings. The highest BCUT2D eigenvalue weighted by Gasteiger charge is 2.30. The highest BCUT2D eigenvalue weighted by molar-refractivity contribution is 7.86. The molecule has 4 N–H and O–H groups in total. The van der Waals surface area contributed by atoms with E-state index in [0.29, 0.717) is 36.9 Å². The van der Waals surface area contributed by atoms with Gasteiger partial charge in [0.2, 0.25) is 5.91 Å². The average molecular weight is 624 g/mol. The number of ether oxygens (including phenoxy) is 1. The van der Waals surface area contributed by atoms with Crippen molar-refractivity contribution in [1.82, 2.24) is 19.1 Å². The van der Waals surface area contributed by atoms with Crippen LogP contribution in [0.1, 0.15) is 59.5 Å². The lowest BCUT2D eigenvalue weighted by Gasteiger charge is -2.24. The monoisotopic (exact) mass is 623 g/mol. The van der Waals surface area contributed by atoms with E-state index in [1.165, 1.54) is 19.0 Å². The van der Waals surface area contributed by atoms with Crippen molar-refractivity contribution in [2.45, 2.75) is 44.6 Å². The predicted molar refractivity (Wildman–Crippen MR) is 171 cm³/mol. The molecule has 0 bridgehead atoms. The van der Waals surface area contributed by atoms with Gasteiger partial charge in [-0.2, -0.15) is 12.7 Å². The predicted octanol–water partition coefficient (Wildman–Crippen LogP) is 3.64. The van der Waals surface area contributed by atoms with Crippen LogP contribution in [0.2, 0.25) is 0 Å². The van der Waals surface area contributed by atoms with E-state index < -0.39 is 16.2 Å². The number of fused-ring (bicyclic) bond motifs is 5. The van der Waals surface area contributed by atoms with Crippen LogP contribution in [-0.4, -0.2) is 86.6 Å². The maximum atomic E-state index is 13.7. The molecular formula is C32H41N5O6S. The molecule has 1 aliphatic carbocycles. The van der Waals surface area contributed by atoms with Gasteiger partial charge in [0, 0.05) is 55.3 Å². The largest absolute Gasteiger partial charge is 0.497 e. The number of rotatable bonds is 11. The molecule has 0 spiro atoms. The number of hydrogen-bond acceptors (Lipinski definition) is 6. The van der Waals surface area contributed by atoms with Crippen LogP contribution in [0.25, 0.3) is 28.2 Å². The van der Waals surface area contributed by atoms with E-state index in [1.54, 1.807) is 19.2 Å². The first-order chi connectivity index (χ1) is 21.0. The third-order valence-electron chi connectivity index (χ3n) is 8.84. The topological polar surface area (TPSA) is 147 Å². The van der Waals surface area contributed by atoms with Crippen molar-refractivity contribution in [1.29, 1.82) is 0 Å². The second-order valence-electron chi connectivity index (χ2n) is 11.8. The summed E-state index contributed by atoms with van der Waals surface area (Å²) in [7, 11) is 1.14. The Morgan fingerprint density at radius 1 is 1.07 bits per heavy atom. The molecule has 0 saturated heterocycles. The standard InChI is InChI=1S/C32H41N5O6S/c1-35(15-16-36(2)44(33,41)42)14-13-34-31(38)24-17-23-18-25(43-3)10-12-26(23)30-29(21-7-5-4-6-8-21)27-11-9-22(32(39)40)19-28(27)37(30)20-24/h9-12,17-19,21H,4-8,13-16,20H2,1-3H3,(H,34,38)(H,39,40)(H2,33,41,42). The number of methoxy groups -OCH3 is 1. The molecule has 44 heavy (non-hydrogen) atoms. The number of benzene rings is 2. The van der Waals surface area contributed by atoms with E-state index >= 15 is 0 Å². The summed E-state index contributed by atoms with van der Waals surface area (Å²) in [5.74, 6) is -0.194. The molecule has 1 saturated carbocycles. The third-order valence-corrected chi connectivity index (χ3v) is 9.89. The molecule has 0 radical (unpaired) electrons. The second kappa shape index (κ2) is 13.1. The van der Waals surface area contributed by atoms with E-state index in [0.717, 1.165) is 57.7 Å². The number of nitrogens with two attached hydrogens (primary N) is 1. The Kier molecular flexibility index (Phi) is 9.45. The molecule has 2 heterocycles. The van der Waals surface area contributed by atoms with Crippen LogP contribution >= 0.6 is 0 Å². The maximum absolute atomic E-state index is 13.7. The quantitative estimate of drug-likeness (QED) is 0.296. The highest BCUT2D eigenvalue weighted by atomic mass is 32.2. The van der Waals surface area contributed by atoms with Gasteiger partial charge in [0.15, 0.2) is 0 Å². The van der Waals surface area contributed by atoms with Crippen LogP contribution < -0.4 is 15.2 Å². The van der Waals surface area contributed by atoms with Gasteiger partial charge in [-0.1, -0.05) is 25.3 Å². The number of hydrogen-bond donors (Lipinski definition) is 3. The molecule has 0 atom stereocenters. The van der Waals surface area contributed by atoms with Gasteiger partial charge in [0.25, 0.3) is 10.2 Å². The van der Waals surface area contributed by atoms with Crippen molar-refractivity contribution in [2.75, 3.05) is 47.4 Å². The van der Waals surface area contributed by atoms with Crippen molar-refractivity contribution in [3.63, 3.8) is 0 Å². The number of likely N-dealkylation sites (N-methyl/N-ethyl adjacent to an activating group) is 2. The summed E-state index contributed by atoms with van der Waals surface area (Å²) in [6, 6.07) is 11.2. The van der Waals surface area contributed by atoms with Crippen LogP contribution in [-0.2, 0) is 21.5 Å². The summed E-state index contributed by atoms with van der Waals surface area (Å²) >= 11 is 0. The van der Waals surface area contributed by atoms with E-state index in [2.05, 4.69) is 9.88 Å². The van der Waals surface area contributed by atoms with E-state index in [4.69, 9.17) is 9.88 Å². The molecule has 5 rings (SSSR count). The molecule has 1 fully saturated rings. The van der Waals surface area contributed by atoms with E-state index in [-0.39, 0.29) is 24.6 Å². The van der Waals surface area contributed by atoms with Crippen molar-refractivity contribution in [3.8, 4) is 17.0 Å². The number of carboxylic acid groups (broad SMARTS) is 1. The Morgan fingerprint density at radius 3 is 2.50 bits per heavy atom. The first-order valence-electron chi connectivity index (χ1n) is 15.0. The SMILES string of the molecule is COc1ccc2c(c1)C=C(C(=O)NCCN(C)CCN(C)S(N)(=O)=O)Cn1c-2c(C2CCCCC2)c2ccc(C(=O)O)cc21. The first-order valence-corrected chi connectivity index (χ1v) is 16.5. The van der Waals surface area contributed by atoms with Crippen molar-refractivity contribution in [2.24, 2.45) is 5.14 Å². The normalized spacial score (nSPS) is 15.5. The zero-order chi connectivity index (χ0) is 31.6. The van der Waals surface area contributed by atoms with Crippen molar-refractivity contribution < 1.29 is 27.9 Å². The highest BCUT2D eigenvalue weighted by Crippen LogP contribution is 2.47. The second-order valence-corrected chi connectivity index (χ2v) is 13.4. The van der Waals surface area contributed by atoms with E-state index in [9.17, 15) is 23.1 Å². The summed E-state index contributed by atoms with van der Waals surface area (Å²) in [6.45, 7) is 1.82. The van der Waals surface area contributed by atoms with Gasteiger partial charge in [-0.25, -0.2) is 9.93 Å². The number of carbonyl (C=O) groups excluding carboxylic acids is 1. The average Bonchev–Trinajstić information content (AvgIpc) is 3.21. The number of carboxylic acids is 1. The molecule has 236 valence electrons. The fourth-order valence-corrected chi connectivity index (χ4v) is 6.67. The number of nitrogens with one attached hydrogen (secondary N) is 1. The van der Waals surface area contributed by atoms with Crippen LogP contribution in [0.5, 0.6) is 5.75 Å². The smallest absolute Gasteiger partial charge is 0.335 e. The summed E-state index contributed by atoms with van der Waals surface area (Å²) in [5, 5.41) is 19.0. The van der Waals surface area contributed by atoms with Crippen molar-refractivity contribution in [3.05, 3.63) is 58.7 Å². The number of nitrogens with zero attached hydrogens (tertiary/aromatic N) is 3. The fourth-order valence-electron chi connectivity index (χ4n) is 6.34. The number of carbonyl (C=O) groups is 2. The third kappa shape index (κ3) is 6.68. The lowest BCUT2D eigenvalue weighted by atomic mass is 9.81. The van der Waals surface area contributed by atoms with Gasteiger partial charge in [0.1, 0.15) is 5.75 Å². The molecule has 12 heteroatoms. The fraction of sp³-hybridized carbons (Fsp3) is 0.438. The minimum absolute atomic E-state index is 0.207. The number of aromatic nitrogens is 1. The Labute approximate surface area is 258 Å². The van der Waals surface area contributed by atoms with E-state index in [1.807, 2.05) is 42.3 Å². The van der Waals surface area contributed by atoms with Gasteiger partial charge in [-0.05, 0) is 73.3 Å². The van der Waals surface area contributed by atoms with Crippen LogP contribution in [0.15, 0.2) is 42.0 Å². The number of amides is 1. The Hall–Kier alpha value is -3.71. The minimum Gasteiger partial charge on any atom is -0.497 e. The molecular weight excluding hydrogens is 582 g/mol. The summed E-state index contributed by atoms with van der Waals surface area (Å²) in [4.78, 5) is 27.6. The molecule has 3 aromatic rings. The van der Waals surface area contributed by atoms with Crippen LogP contribution in [0.4, 0.5) is 0 Å². The van der Waals surface area contributed by atoms with Crippen LogP contribution in [0.3, 0.4) is 0 Å². The Morgan fingerprint density at radius 2 is 1.82 bits per heavy atom. The Bertz CT molecular complexity index is 1710. The summed E-state index contributed by atoms with van der Waals surface area (Å²) in [5.41, 5.74) is 5.67. The van der Waals surface area contributed by atoms with Gasteiger partial charge in [0.05, 0.1) is 24.9 Å². The molecule has 2 aromatic carbocycles. The zero-order valence-corrected chi connectivity index (χ0v) is 26.3. The molecule has 11 nitrogen and oxygen atoms in total. The lowest BCUT2D eigenvalue weighted by molar-refractivity contribution is -0.117. The van der Waals surface area contributed by atoms with Gasteiger partial charge < -0.3 is 24.6 Å². The molecule has 0 unspecified atom stereocenters. The molecule has 1 aromatic heterocycles. The minimum atomic E-state index is -3.75. The number of aromatic carboxylic acids is 1. The first kappa shape index (κ1) is 31.7. The Balaban J connectivity index is 1.50. The zero-order valence-electron chi connectivity index (χ0n) is 25.5. The van der Waals surface area contributed by atoms with Gasteiger partial charge >= 0.3 is 5.97 Å². The van der Waals surface area contributed by atoms with Crippen molar-refractivity contribution >= 4 is 39.1 Å². The van der Waals surface area contributed by atoms with Gasteiger partial charge in [-0.3, -0.25) is 4.79 Å². The molecule has 1 amide bonds. The maximum Gasteiger partial charge on any atom is 0.335 e. The van der Waals surface area contributed by atoms with Crippen LogP contribution in [0, 0.1) is 0 Å². The summed E-state index contributed by atoms with van der Waals surface area (Å²) < 4.78 is 31.7. The van der Waals surface area contributed by atoms with Gasteiger partial charge in [-0.15, -0.1) is 0 Å². The lowest BCUT2D eigenvalue weighted by Crippen LogP contribution is -2.40. The molecule has 1 aliphatic heterocycles. The summed E-state index contributed by atoms with van der Waals surface area (Å²) in [6.07, 6.45) is 7.56.